The molecule has 0 saturated heterocycles. The summed E-state index contributed by atoms with van der Waals surface area (Å²) in [6, 6.07) is 8.47. The van der Waals surface area contributed by atoms with Crippen LogP contribution in [-0.2, 0) is 6.54 Å². The number of nitrogens with one attached hydrogen (secondary N) is 1. The molecule has 18 heavy (non-hydrogen) atoms. The molecule has 1 heterocycles. The number of hydrogen-bond donors (Lipinski definition) is 1. The van der Waals surface area contributed by atoms with Gasteiger partial charge in [-0.3, -0.25) is 0 Å². The fraction of sp³-hybridized carbons (Fsp3) is 0.267. The topological polar surface area (TPSA) is 35.8 Å². The second-order valence-electron chi connectivity index (χ2n) is 4.54. The highest BCUT2D eigenvalue weighted by atomic mass is 32.1. The molecular weight excluding hydrogens is 240 g/mol. The van der Waals surface area contributed by atoms with Crippen LogP contribution in [0, 0.1) is 32.1 Å². The Morgan fingerprint density at radius 2 is 1.83 bits per heavy atom. The highest BCUT2D eigenvalue weighted by Crippen LogP contribution is 2.23. The molecule has 0 saturated carbocycles. The molecule has 0 aliphatic carbocycles. The van der Waals surface area contributed by atoms with Crippen LogP contribution in [0.2, 0.25) is 0 Å². The van der Waals surface area contributed by atoms with Crippen LogP contribution in [0.4, 0.5) is 5.69 Å². The molecule has 1 aromatic heterocycles. The zero-order valence-corrected chi connectivity index (χ0v) is 11.7. The van der Waals surface area contributed by atoms with E-state index in [1.54, 1.807) is 11.3 Å². The molecule has 3 heteroatoms. The Morgan fingerprint density at radius 1 is 1.17 bits per heavy atom. The van der Waals surface area contributed by atoms with Crippen molar-refractivity contribution in [2.24, 2.45) is 0 Å². The highest BCUT2D eigenvalue weighted by Gasteiger charge is 2.04. The van der Waals surface area contributed by atoms with Crippen LogP contribution in [0.3, 0.4) is 0 Å². The van der Waals surface area contributed by atoms with E-state index < -0.39 is 0 Å². The van der Waals surface area contributed by atoms with Gasteiger partial charge in [-0.2, -0.15) is 5.26 Å². The van der Waals surface area contributed by atoms with Crippen molar-refractivity contribution in [2.45, 2.75) is 27.3 Å². The summed E-state index contributed by atoms with van der Waals surface area (Å²) in [6.07, 6.45) is 0. The molecule has 0 radical (unpaired) electrons. The van der Waals surface area contributed by atoms with E-state index in [-0.39, 0.29) is 0 Å². The quantitative estimate of drug-likeness (QED) is 0.895. The summed E-state index contributed by atoms with van der Waals surface area (Å²) in [6.45, 7) is 7.13. The molecule has 0 unspecified atom stereocenters. The van der Waals surface area contributed by atoms with Gasteiger partial charge in [-0.25, -0.2) is 0 Å². The van der Waals surface area contributed by atoms with Gasteiger partial charge in [0.25, 0.3) is 0 Å². The van der Waals surface area contributed by atoms with Crippen LogP contribution in [0.1, 0.15) is 27.1 Å². The van der Waals surface area contributed by atoms with Gasteiger partial charge in [0.15, 0.2) is 0 Å². The van der Waals surface area contributed by atoms with Crippen molar-refractivity contribution in [3.63, 3.8) is 0 Å². The third kappa shape index (κ3) is 2.72. The zero-order chi connectivity index (χ0) is 13.1. The summed E-state index contributed by atoms with van der Waals surface area (Å²) < 4.78 is 0. The van der Waals surface area contributed by atoms with Crippen LogP contribution < -0.4 is 5.32 Å². The summed E-state index contributed by atoms with van der Waals surface area (Å²) in [7, 11) is 0. The zero-order valence-electron chi connectivity index (χ0n) is 10.9. The van der Waals surface area contributed by atoms with Gasteiger partial charge in [-0.1, -0.05) is 17.7 Å². The average Bonchev–Trinajstić information content (AvgIpc) is 2.75. The molecule has 0 bridgehead atoms. The molecule has 92 valence electrons. The normalized spacial score (nSPS) is 10.1. The number of rotatable bonds is 3. The lowest BCUT2D eigenvalue weighted by Gasteiger charge is -2.13. The Morgan fingerprint density at radius 3 is 2.39 bits per heavy atom. The maximum absolute atomic E-state index is 8.79. The number of anilines is 1. The molecule has 0 atom stereocenters. The average molecular weight is 256 g/mol. The Bertz CT molecular complexity index is 582. The predicted molar refractivity (Wildman–Crippen MR) is 77.0 cm³/mol. The molecule has 0 aliphatic heterocycles. The first kappa shape index (κ1) is 12.7. The Labute approximate surface area is 112 Å². The standard InChI is InChI=1S/C15H16N2S/c1-10-4-11(2)15(12(3)5-10)17-8-14-6-13(7-16)9-18-14/h4-6,9,17H,8H2,1-3H3. The SMILES string of the molecule is Cc1cc(C)c(NCc2cc(C#N)cs2)c(C)c1. The highest BCUT2D eigenvalue weighted by molar-refractivity contribution is 7.10. The van der Waals surface area contributed by atoms with Crippen molar-refractivity contribution < 1.29 is 0 Å². The summed E-state index contributed by atoms with van der Waals surface area (Å²) in [5.74, 6) is 0. The van der Waals surface area contributed by atoms with Crippen LogP contribution in [0.25, 0.3) is 0 Å². The first-order valence-electron chi connectivity index (χ1n) is 5.89. The lowest BCUT2D eigenvalue weighted by molar-refractivity contribution is 1.16. The van der Waals surface area contributed by atoms with Gasteiger partial charge in [0, 0.05) is 22.5 Å². The number of aryl methyl sites for hydroxylation is 3. The van der Waals surface area contributed by atoms with Crippen molar-refractivity contribution in [3.8, 4) is 6.07 Å². The fourth-order valence-corrected chi connectivity index (χ4v) is 2.92. The number of benzene rings is 1. The van der Waals surface area contributed by atoms with Gasteiger partial charge in [-0.15, -0.1) is 11.3 Å². The molecule has 2 nitrogen and oxygen atoms in total. The first-order chi connectivity index (χ1) is 8.60. The third-order valence-electron chi connectivity index (χ3n) is 2.90. The minimum atomic E-state index is 0.745. The van der Waals surface area contributed by atoms with E-state index in [2.05, 4.69) is 44.3 Å². The van der Waals surface area contributed by atoms with Crippen LogP contribution in [0.5, 0.6) is 0 Å². The van der Waals surface area contributed by atoms with E-state index in [0.29, 0.717) is 0 Å². The molecule has 1 N–H and O–H groups in total. The van der Waals surface area contributed by atoms with Gasteiger partial charge >= 0.3 is 0 Å². The van der Waals surface area contributed by atoms with E-state index in [1.165, 1.54) is 27.3 Å². The second-order valence-corrected chi connectivity index (χ2v) is 5.54. The van der Waals surface area contributed by atoms with Crippen molar-refractivity contribution in [1.82, 2.24) is 0 Å². The lowest BCUT2D eigenvalue weighted by Crippen LogP contribution is -2.02. The van der Waals surface area contributed by atoms with Crippen molar-refractivity contribution in [3.05, 3.63) is 50.7 Å². The molecule has 0 amide bonds. The van der Waals surface area contributed by atoms with E-state index in [0.717, 1.165) is 12.1 Å². The molecule has 0 fully saturated rings. The summed E-state index contributed by atoms with van der Waals surface area (Å²) >= 11 is 1.62. The van der Waals surface area contributed by atoms with Gasteiger partial charge < -0.3 is 5.32 Å². The molecule has 2 rings (SSSR count). The van der Waals surface area contributed by atoms with Crippen LogP contribution in [0.15, 0.2) is 23.6 Å². The lowest BCUT2D eigenvalue weighted by atomic mass is 10.1. The van der Waals surface area contributed by atoms with Gasteiger partial charge in [-0.05, 0) is 38.0 Å². The molecule has 0 spiro atoms. The van der Waals surface area contributed by atoms with E-state index >= 15 is 0 Å². The Kier molecular flexibility index (Phi) is 3.69. The smallest absolute Gasteiger partial charge is 0.100 e. The Balaban J connectivity index is 2.13. The number of nitriles is 1. The largest absolute Gasteiger partial charge is 0.380 e. The Hall–Kier alpha value is -1.79. The van der Waals surface area contributed by atoms with Crippen molar-refractivity contribution in [2.75, 3.05) is 5.32 Å². The fourth-order valence-electron chi connectivity index (χ4n) is 2.17. The van der Waals surface area contributed by atoms with Crippen LogP contribution >= 0.6 is 11.3 Å². The second kappa shape index (κ2) is 5.24. The maximum atomic E-state index is 8.79. The van der Waals surface area contributed by atoms with Gasteiger partial charge in [0.05, 0.1) is 5.56 Å². The third-order valence-corrected chi connectivity index (χ3v) is 3.84. The maximum Gasteiger partial charge on any atom is 0.100 e. The number of nitrogens with zero attached hydrogens (tertiary/aromatic N) is 1. The molecule has 0 aliphatic rings. The monoisotopic (exact) mass is 256 g/mol. The summed E-state index contributed by atoms with van der Waals surface area (Å²) in [5.41, 5.74) is 5.77. The first-order valence-corrected chi connectivity index (χ1v) is 6.77. The molecule has 1 aromatic carbocycles. The van der Waals surface area contributed by atoms with E-state index in [9.17, 15) is 0 Å². The molecular formula is C15H16N2S. The van der Waals surface area contributed by atoms with Crippen LogP contribution in [-0.4, -0.2) is 0 Å². The van der Waals surface area contributed by atoms with Gasteiger partial charge in [0.2, 0.25) is 0 Å². The predicted octanol–water partition coefficient (Wildman–Crippen LogP) is 4.16. The van der Waals surface area contributed by atoms with Gasteiger partial charge in [0.1, 0.15) is 6.07 Å². The van der Waals surface area contributed by atoms with E-state index in [1.807, 2.05) is 11.4 Å². The minimum Gasteiger partial charge on any atom is -0.380 e. The number of thiophene rings is 1. The van der Waals surface area contributed by atoms with E-state index in [4.69, 9.17) is 5.26 Å². The summed E-state index contributed by atoms with van der Waals surface area (Å²) in [5, 5.41) is 14.1. The summed E-state index contributed by atoms with van der Waals surface area (Å²) in [4.78, 5) is 1.19. The van der Waals surface area contributed by atoms with Crippen molar-refractivity contribution >= 4 is 17.0 Å². The van der Waals surface area contributed by atoms with Crippen molar-refractivity contribution in [1.29, 1.82) is 5.26 Å². The molecule has 2 aromatic rings. The number of hydrogen-bond acceptors (Lipinski definition) is 3. The minimum absolute atomic E-state index is 0.745.